The molecule has 136 valence electrons. The van der Waals surface area contributed by atoms with E-state index in [9.17, 15) is 14.4 Å². The number of hydrogen-bond donors (Lipinski definition) is 3. The van der Waals surface area contributed by atoms with Crippen molar-refractivity contribution in [3.8, 4) is 5.75 Å². The van der Waals surface area contributed by atoms with E-state index in [4.69, 9.17) is 4.74 Å². The van der Waals surface area contributed by atoms with E-state index in [1.807, 2.05) is 0 Å². The van der Waals surface area contributed by atoms with Crippen LogP contribution in [0.2, 0.25) is 0 Å². The molecule has 3 amide bonds. The van der Waals surface area contributed by atoms with Crippen LogP contribution in [0.25, 0.3) is 0 Å². The van der Waals surface area contributed by atoms with Crippen molar-refractivity contribution in [3.05, 3.63) is 35.2 Å². The first-order chi connectivity index (χ1) is 12.5. The average Bonchev–Trinajstić information content (AvgIpc) is 3.34. The lowest BCUT2D eigenvalue weighted by atomic mass is 10.2. The molecule has 1 aromatic carbocycles. The smallest absolute Gasteiger partial charge is 0.265 e. The molecule has 0 saturated heterocycles. The number of nitrogens with one attached hydrogen (secondary N) is 3. The predicted octanol–water partition coefficient (Wildman–Crippen LogP) is 3.32. The molecule has 1 saturated carbocycles. The van der Waals surface area contributed by atoms with E-state index < -0.39 is 0 Å². The first kappa shape index (κ1) is 17.9. The van der Waals surface area contributed by atoms with Crippen molar-refractivity contribution in [2.45, 2.75) is 19.8 Å². The second kappa shape index (κ2) is 7.57. The van der Waals surface area contributed by atoms with Crippen LogP contribution in [0.15, 0.2) is 30.3 Å². The van der Waals surface area contributed by atoms with Crippen molar-refractivity contribution < 1.29 is 19.1 Å². The van der Waals surface area contributed by atoms with Gasteiger partial charge >= 0.3 is 0 Å². The summed E-state index contributed by atoms with van der Waals surface area (Å²) in [5.41, 5.74) is 0.998. The van der Waals surface area contributed by atoms with Crippen LogP contribution in [0.3, 0.4) is 0 Å². The minimum absolute atomic E-state index is 0.00323. The van der Waals surface area contributed by atoms with Crippen LogP contribution in [0, 0.1) is 5.92 Å². The lowest BCUT2D eigenvalue weighted by molar-refractivity contribution is -0.117. The summed E-state index contributed by atoms with van der Waals surface area (Å²) in [6.07, 6.45) is 1.85. The number of carbonyl (C=O) groups is 3. The fourth-order valence-corrected chi connectivity index (χ4v) is 3.17. The van der Waals surface area contributed by atoms with E-state index in [0.717, 1.165) is 12.8 Å². The third-order valence-corrected chi connectivity index (χ3v) is 4.79. The highest BCUT2D eigenvalue weighted by atomic mass is 32.1. The van der Waals surface area contributed by atoms with E-state index in [2.05, 4.69) is 16.0 Å². The van der Waals surface area contributed by atoms with Crippen molar-refractivity contribution in [1.29, 1.82) is 0 Å². The molecule has 0 radical (unpaired) electrons. The molecule has 26 heavy (non-hydrogen) atoms. The predicted molar refractivity (Wildman–Crippen MR) is 101 cm³/mol. The molecule has 2 aromatic rings. The Bertz CT molecular complexity index is 858. The van der Waals surface area contributed by atoms with Gasteiger partial charge in [-0.3, -0.25) is 14.4 Å². The molecule has 0 aliphatic heterocycles. The molecule has 1 heterocycles. The molecule has 0 unspecified atom stereocenters. The topological polar surface area (TPSA) is 96.5 Å². The van der Waals surface area contributed by atoms with Crippen LogP contribution >= 0.6 is 11.3 Å². The maximum Gasteiger partial charge on any atom is 0.265 e. The monoisotopic (exact) mass is 373 g/mol. The van der Waals surface area contributed by atoms with Gasteiger partial charge in [0.1, 0.15) is 5.75 Å². The molecular formula is C18H19N3O4S. The normalized spacial score (nSPS) is 13.0. The van der Waals surface area contributed by atoms with Crippen LogP contribution < -0.4 is 20.7 Å². The number of hydrogen-bond acceptors (Lipinski definition) is 5. The van der Waals surface area contributed by atoms with Crippen LogP contribution in [-0.4, -0.2) is 24.8 Å². The number of ether oxygens (including phenoxy) is 1. The second-order valence-electron chi connectivity index (χ2n) is 5.98. The summed E-state index contributed by atoms with van der Waals surface area (Å²) in [7, 11) is 1.50. The zero-order valence-corrected chi connectivity index (χ0v) is 15.2. The van der Waals surface area contributed by atoms with E-state index >= 15 is 0 Å². The Kier molecular flexibility index (Phi) is 5.22. The van der Waals surface area contributed by atoms with E-state index in [-0.39, 0.29) is 23.6 Å². The fraction of sp³-hybridized carbons (Fsp3) is 0.278. The Morgan fingerprint density at radius 1 is 1.08 bits per heavy atom. The molecule has 1 aromatic heterocycles. The number of thiophene rings is 1. The lowest BCUT2D eigenvalue weighted by Crippen LogP contribution is -2.13. The van der Waals surface area contributed by atoms with Crippen LogP contribution in [0.4, 0.5) is 16.4 Å². The van der Waals surface area contributed by atoms with Gasteiger partial charge in [0.2, 0.25) is 11.8 Å². The summed E-state index contributed by atoms with van der Waals surface area (Å²) in [5.74, 6) is 0.0619. The Hall–Kier alpha value is -2.87. The van der Waals surface area contributed by atoms with E-state index in [1.54, 1.807) is 30.3 Å². The number of benzene rings is 1. The molecule has 0 atom stereocenters. The third-order valence-electron chi connectivity index (χ3n) is 3.79. The van der Waals surface area contributed by atoms with Gasteiger partial charge in [0, 0.05) is 18.5 Å². The third kappa shape index (κ3) is 4.40. The Morgan fingerprint density at radius 3 is 2.50 bits per heavy atom. The first-order valence-corrected chi connectivity index (χ1v) is 8.95. The van der Waals surface area contributed by atoms with Gasteiger partial charge in [-0.1, -0.05) is 0 Å². The van der Waals surface area contributed by atoms with Gasteiger partial charge in [0.15, 0.2) is 0 Å². The second-order valence-corrected chi connectivity index (χ2v) is 7.06. The van der Waals surface area contributed by atoms with Gasteiger partial charge in [-0.15, -0.1) is 11.3 Å². The molecule has 1 fully saturated rings. The van der Waals surface area contributed by atoms with Gasteiger partial charge < -0.3 is 20.7 Å². The van der Waals surface area contributed by atoms with Crippen LogP contribution in [0.1, 0.15) is 29.4 Å². The van der Waals surface area contributed by atoms with Crippen LogP contribution in [-0.2, 0) is 9.59 Å². The molecule has 1 aliphatic carbocycles. The minimum Gasteiger partial charge on any atom is -0.495 e. The van der Waals surface area contributed by atoms with Gasteiger partial charge in [0.05, 0.1) is 22.7 Å². The van der Waals surface area contributed by atoms with Crippen molar-refractivity contribution in [1.82, 2.24) is 0 Å². The average molecular weight is 373 g/mol. The highest BCUT2D eigenvalue weighted by Crippen LogP contribution is 2.32. The number of anilines is 3. The summed E-state index contributed by atoms with van der Waals surface area (Å²) < 4.78 is 5.25. The van der Waals surface area contributed by atoms with Crippen molar-refractivity contribution >= 4 is 45.4 Å². The summed E-state index contributed by atoms with van der Waals surface area (Å²) in [4.78, 5) is 36.0. The highest BCUT2D eigenvalue weighted by Gasteiger charge is 2.29. The SMILES string of the molecule is COc1ccc(NC(C)=O)cc1NC(=O)c1ccc(NC(=O)C2CC2)s1. The fourth-order valence-electron chi connectivity index (χ4n) is 2.37. The van der Waals surface area contributed by atoms with E-state index in [0.29, 0.717) is 27.0 Å². The minimum atomic E-state index is -0.319. The molecule has 7 nitrogen and oxygen atoms in total. The molecule has 8 heteroatoms. The number of rotatable bonds is 6. The zero-order chi connectivity index (χ0) is 18.7. The number of amides is 3. The maximum absolute atomic E-state index is 12.5. The van der Waals surface area contributed by atoms with Crippen molar-refractivity contribution in [2.75, 3.05) is 23.1 Å². The lowest BCUT2D eigenvalue weighted by Gasteiger charge is -2.12. The van der Waals surface area contributed by atoms with Gasteiger partial charge in [-0.2, -0.15) is 0 Å². The molecule has 0 bridgehead atoms. The van der Waals surface area contributed by atoms with Gasteiger partial charge in [-0.25, -0.2) is 0 Å². The van der Waals surface area contributed by atoms with Gasteiger partial charge in [0.25, 0.3) is 5.91 Å². The summed E-state index contributed by atoms with van der Waals surface area (Å²) in [5, 5.41) is 8.90. The zero-order valence-electron chi connectivity index (χ0n) is 14.4. The summed E-state index contributed by atoms with van der Waals surface area (Å²) in [6.45, 7) is 1.41. The van der Waals surface area contributed by atoms with Gasteiger partial charge in [-0.05, 0) is 43.2 Å². The van der Waals surface area contributed by atoms with Crippen LogP contribution in [0.5, 0.6) is 5.75 Å². The number of carbonyl (C=O) groups excluding carboxylic acids is 3. The van der Waals surface area contributed by atoms with E-state index in [1.165, 1.54) is 25.4 Å². The quantitative estimate of drug-likeness (QED) is 0.724. The maximum atomic E-state index is 12.5. The first-order valence-electron chi connectivity index (χ1n) is 8.14. The Balaban J connectivity index is 1.71. The molecule has 3 rings (SSSR count). The largest absolute Gasteiger partial charge is 0.495 e. The Morgan fingerprint density at radius 2 is 1.85 bits per heavy atom. The van der Waals surface area contributed by atoms with Crippen molar-refractivity contribution in [2.24, 2.45) is 5.92 Å². The Labute approximate surface area is 154 Å². The molecule has 3 N–H and O–H groups in total. The molecule has 0 spiro atoms. The summed E-state index contributed by atoms with van der Waals surface area (Å²) >= 11 is 1.21. The standard InChI is InChI=1S/C18H19N3O4S/c1-10(22)19-12-5-6-14(25-2)13(9-12)20-18(24)15-7-8-16(26-15)21-17(23)11-3-4-11/h5-9,11H,3-4H2,1-2H3,(H,19,22)(H,20,24)(H,21,23). The summed E-state index contributed by atoms with van der Waals surface area (Å²) in [6, 6.07) is 8.35. The van der Waals surface area contributed by atoms with Crippen molar-refractivity contribution in [3.63, 3.8) is 0 Å². The number of methoxy groups -OCH3 is 1. The molecule has 1 aliphatic rings. The molecular weight excluding hydrogens is 354 g/mol. The highest BCUT2D eigenvalue weighted by molar-refractivity contribution is 7.18.